The standard InChI is InChI=1S/C22H17N5O4S/c1-2-26-16-10-6-5-9-15(16)18-19(26)23-22(25-24-18)32-11-17(28)31-12-27-20(29)13-7-3-4-8-14(13)21(27)30/h3-10H,2,11-12H2,1H3. The van der Waals surface area contributed by atoms with Crippen molar-refractivity contribution in [1.82, 2.24) is 24.6 Å². The number of esters is 1. The van der Waals surface area contributed by atoms with E-state index in [0.717, 1.165) is 34.1 Å². The molecule has 0 spiro atoms. The van der Waals surface area contributed by atoms with Crippen LogP contribution in [-0.2, 0) is 16.1 Å². The number of fused-ring (bicyclic) bond motifs is 4. The first-order chi connectivity index (χ1) is 15.6. The summed E-state index contributed by atoms with van der Waals surface area (Å²) in [5, 5.41) is 9.75. The molecule has 4 aromatic rings. The highest BCUT2D eigenvalue weighted by Crippen LogP contribution is 2.27. The van der Waals surface area contributed by atoms with Gasteiger partial charge in [0.1, 0.15) is 5.52 Å². The Kier molecular flexibility index (Phi) is 5.06. The number of hydrogen-bond donors (Lipinski definition) is 0. The van der Waals surface area contributed by atoms with Crippen molar-refractivity contribution in [3.8, 4) is 0 Å². The SMILES string of the molecule is CCn1c2ccccc2c2nnc(SCC(=O)OCN3C(=O)c4ccccc4C3=O)nc21. The number of hydrogen-bond acceptors (Lipinski definition) is 8. The normalized spacial score (nSPS) is 13.2. The van der Waals surface area contributed by atoms with Gasteiger partial charge in [-0.15, -0.1) is 10.2 Å². The number of carbonyl (C=O) groups is 3. The molecule has 2 amide bonds. The van der Waals surface area contributed by atoms with Gasteiger partial charge in [-0.3, -0.25) is 14.4 Å². The van der Waals surface area contributed by atoms with Crippen LogP contribution in [-0.4, -0.2) is 54.9 Å². The number of benzene rings is 2. The third kappa shape index (κ3) is 3.28. The molecule has 0 fully saturated rings. The molecule has 0 aliphatic carbocycles. The summed E-state index contributed by atoms with van der Waals surface area (Å²) in [6.45, 7) is 2.31. The second kappa shape index (κ2) is 8.04. The second-order valence-corrected chi connectivity index (χ2v) is 7.99. The first-order valence-corrected chi connectivity index (χ1v) is 10.9. The zero-order valence-corrected chi connectivity index (χ0v) is 17.8. The van der Waals surface area contributed by atoms with E-state index < -0.39 is 24.5 Å². The summed E-state index contributed by atoms with van der Waals surface area (Å²) in [6, 6.07) is 14.4. The van der Waals surface area contributed by atoms with Crippen LogP contribution in [0.1, 0.15) is 27.6 Å². The fraction of sp³-hybridized carbons (Fsp3) is 0.182. The Bertz CT molecular complexity index is 1360. The Labute approximate surface area is 186 Å². The zero-order valence-electron chi connectivity index (χ0n) is 17.0. The van der Waals surface area contributed by atoms with Crippen LogP contribution >= 0.6 is 11.8 Å². The van der Waals surface area contributed by atoms with Crippen molar-refractivity contribution < 1.29 is 19.1 Å². The minimum absolute atomic E-state index is 0.0806. The third-order valence-corrected chi connectivity index (χ3v) is 6.03. The van der Waals surface area contributed by atoms with Crippen LogP contribution in [0.4, 0.5) is 0 Å². The van der Waals surface area contributed by atoms with Gasteiger partial charge in [0.15, 0.2) is 12.4 Å². The molecular weight excluding hydrogens is 430 g/mol. The van der Waals surface area contributed by atoms with Crippen LogP contribution in [0.15, 0.2) is 53.7 Å². The summed E-state index contributed by atoms with van der Waals surface area (Å²) in [5.41, 5.74) is 3.05. The highest BCUT2D eigenvalue weighted by molar-refractivity contribution is 7.99. The number of aryl methyl sites for hydroxylation is 1. The summed E-state index contributed by atoms with van der Waals surface area (Å²) in [7, 11) is 0. The van der Waals surface area contributed by atoms with Crippen LogP contribution in [0, 0.1) is 0 Å². The van der Waals surface area contributed by atoms with Gasteiger partial charge in [0.25, 0.3) is 11.8 Å². The molecule has 0 N–H and O–H groups in total. The fourth-order valence-corrected chi connectivity index (χ4v) is 4.31. The van der Waals surface area contributed by atoms with E-state index in [1.54, 1.807) is 24.3 Å². The van der Waals surface area contributed by atoms with Crippen molar-refractivity contribution in [3.63, 3.8) is 0 Å². The van der Waals surface area contributed by atoms with Crippen molar-refractivity contribution in [3.05, 3.63) is 59.7 Å². The molecule has 2 aromatic carbocycles. The average Bonchev–Trinajstić information content (AvgIpc) is 3.27. The lowest BCUT2D eigenvalue weighted by Gasteiger charge is -2.13. The maximum atomic E-state index is 12.3. The predicted molar refractivity (Wildman–Crippen MR) is 117 cm³/mol. The summed E-state index contributed by atoms with van der Waals surface area (Å²) in [6.07, 6.45) is 0. The predicted octanol–water partition coefficient (Wildman–Crippen LogP) is 2.89. The Morgan fingerprint density at radius 2 is 1.69 bits per heavy atom. The van der Waals surface area contributed by atoms with E-state index in [2.05, 4.69) is 15.2 Å². The number of thioether (sulfide) groups is 1. The van der Waals surface area contributed by atoms with Crippen LogP contribution in [0.25, 0.3) is 22.1 Å². The third-order valence-electron chi connectivity index (χ3n) is 5.22. The summed E-state index contributed by atoms with van der Waals surface area (Å²) >= 11 is 1.08. The molecule has 0 saturated heterocycles. The van der Waals surface area contributed by atoms with E-state index in [-0.39, 0.29) is 5.75 Å². The highest BCUT2D eigenvalue weighted by Gasteiger charge is 2.35. The number of ether oxygens (including phenoxy) is 1. The lowest BCUT2D eigenvalue weighted by Crippen LogP contribution is -2.33. The quantitative estimate of drug-likeness (QED) is 0.252. The lowest BCUT2D eigenvalue weighted by atomic mass is 10.1. The molecule has 1 aliphatic rings. The molecule has 160 valence electrons. The monoisotopic (exact) mass is 447 g/mol. The molecule has 1 aliphatic heterocycles. The average molecular weight is 447 g/mol. The number of carbonyl (C=O) groups excluding carboxylic acids is 3. The summed E-state index contributed by atoms with van der Waals surface area (Å²) < 4.78 is 7.19. The maximum Gasteiger partial charge on any atom is 0.318 e. The van der Waals surface area contributed by atoms with Crippen LogP contribution in [0.3, 0.4) is 0 Å². The Hall–Kier alpha value is -3.79. The van der Waals surface area contributed by atoms with Gasteiger partial charge in [-0.05, 0) is 25.1 Å². The molecule has 32 heavy (non-hydrogen) atoms. The number of imide groups is 1. The molecule has 0 radical (unpaired) electrons. The number of rotatable bonds is 6. The number of nitrogens with zero attached hydrogens (tertiary/aromatic N) is 5. The van der Waals surface area contributed by atoms with Crippen LogP contribution in [0.5, 0.6) is 0 Å². The van der Waals surface area contributed by atoms with Gasteiger partial charge >= 0.3 is 5.97 Å². The van der Waals surface area contributed by atoms with E-state index >= 15 is 0 Å². The Balaban J connectivity index is 1.25. The molecule has 0 atom stereocenters. The Morgan fingerprint density at radius 1 is 1.00 bits per heavy atom. The van der Waals surface area contributed by atoms with Crippen molar-refractivity contribution in [2.75, 3.05) is 12.5 Å². The van der Waals surface area contributed by atoms with Gasteiger partial charge in [0.2, 0.25) is 5.16 Å². The van der Waals surface area contributed by atoms with Gasteiger partial charge in [0.05, 0.1) is 22.4 Å². The second-order valence-electron chi connectivity index (χ2n) is 7.05. The van der Waals surface area contributed by atoms with E-state index in [0.29, 0.717) is 27.4 Å². The van der Waals surface area contributed by atoms with E-state index in [9.17, 15) is 14.4 Å². The van der Waals surface area contributed by atoms with Crippen LogP contribution in [0.2, 0.25) is 0 Å². The smallest absolute Gasteiger partial charge is 0.318 e. The minimum atomic E-state index is -0.591. The van der Waals surface area contributed by atoms with Crippen molar-refractivity contribution in [2.45, 2.75) is 18.6 Å². The zero-order chi connectivity index (χ0) is 22.2. The minimum Gasteiger partial charge on any atom is -0.443 e. The largest absolute Gasteiger partial charge is 0.443 e. The lowest BCUT2D eigenvalue weighted by molar-refractivity contribution is -0.142. The molecule has 0 bridgehead atoms. The van der Waals surface area contributed by atoms with Gasteiger partial charge in [-0.25, -0.2) is 9.88 Å². The Morgan fingerprint density at radius 3 is 2.41 bits per heavy atom. The molecule has 2 aromatic heterocycles. The number of amides is 2. The van der Waals surface area contributed by atoms with E-state index in [4.69, 9.17) is 4.74 Å². The van der Waals surface area contributed by atoms with Crippen LogP contribution < -0.4 is 0 Å². The van der Waals surface area contributed by atoms with Gasteiger partial charge < -0.3 is 9.30 Å². The van der Waals surface area contributed by atoms with E-state index in [1.807, 2.05) is 35.8 Å². The summed E-state index contributed by atoms with van der Waals surface area (Å²) in [5.74, 6) is -1.62. The molecule has 5 rings (SSSR count). The van der Waals surface area contributed by atoms with Gasteiger partial charge in [-0.2, -0.15) is 0 Å². The number of aromatic nitrogens is 4. The molecule has 9 nitrogen and oxygen atoms in total. The molecular formula is C22H17N5O4S. The topological polar surface area (TPSA) is 107 Å². The summed E-state index contributed by atoms with van der Waals surface area (Å²) in [4.78, 5) is 42.4. The maximum absolute atomic E-state index is 12.3. The van der Waals surface area contributed by atoms with Crippen molar-refractivity contribution >= 4 is 51.6 Å². The molecule has 0 saturated carbocycles. The van der Waals surface area contributed by atoms with Gasteiger partial charge in [0, 0.05) is 11.9 Å². The highest BCUT2D eigenvalue weighted by atomic mass is 32.2. The molecule has 3 heterocycles. The first kappa shape index (κ1) is 20.1. The van der Waals surface area contributed by atoms with Crippen molar-refractivity contribution in [2.24, 2.45) is 0 Å². The molecule has 10 heteroatoms. The van der Waals surface area contributed by atoms with Crippen molar-refractivity contribution in [1.29, 1.82) is 0 Å². The fourth-order valence-electron chi connectivity index (χ4n) is 3.73. The van der Waals surface area contributed by atoms with E-state index in [1.165, 1.54) is 0 Å². The first-order valence-electron chi connectivity index (χ1n) is 9.93. The number of para-hydroxylation sites is 1. The molecule has 0 unspecified atom stereocenters. The van der Waals surface area contributed by atoms with Gasteiger partial charge in [-0.1, -0.05) is 42.1 Å².